The molecule has 16 heteroatoms. The number of benzene rings is 2. The minimum absolute atomic E-state index is 0. The number of rotatable bonds is 8. The Labute approximate surface area is 333 Å². The van der Waals surface area contributed by atoms with Crippen molar-refractivity contribution in [1.82, 2.24) is 9.80 Å². The van der Waals surface area contributed by atoms with E-state index in [1.165, 1.54) is 36.0 Å². The number of likely N-dealkylation sites (tertiary alicyclic amines) is 2. The number of ether oxygens (including phenoxy) is 2. The second-order valence-electron chi connectivity index (χ2n) is 14.7. The fraction of sp³-hybridized carbons (Fsp3) is 0.632. The Bertz CT molecular complexity index is 1540. The molecule has 0 atom stereocenters. The van der Waals surface area contributed by atoms with Gasteiger partial charge in [-0.05, 0) is 91.2 Å². The lowest BCUT2D eigenvalue weighted by molar-refractivity contribution is 0.0180. The summed E-state index contributed by atoms with van der Waals surface area (Å²) in [5, 5.41) is 0.194. The lowest BCUT2D eigenvalue weighted by Crippen LogP contribution is -2.42. The van der Waals surface area contributed by atoms with Gasteiger partial charge in [0.05, 0.1) is 16.0 Å². The van der Waals surface area contributed by atoms with Crippen LogP contribution >= 0.6 is 35.0 Å². The highest BCUT2D eigenvalue weighted by Gasteiger charge is 2.32. The number of carbonyl (C=O) groups excluding carboxylic acids is 2. The summed E-state index contributed by atoms with van der Waals surface area (Å²) < 4.78 is 88.0. The SMILES string of the molecule is C.CC(C)(C)OC(=O)N1CCC(CS(=O)(=O)c2ccccc2C(F)F)CC1.CC(C)(C)OC(=O)N1CCC(CSc2ccccc2C(F)F)CC1.ClCCl. The number of piperidine rings is 2. The zero-order valence-electron chi connectivity index (χ0n) is 31.1. The number of hydrogen-bond acceptors (Lipinski definition) is 7. The molecule has 2 aromatic carbocycles. The number of carbonyl (C=O) groups is 2. The van der Waals surface area contributed by atoms with Gasteiger partial charge in [-0.2, -0.15) is 0 Å². The predicted molar refractivity (Wildman–Crippen MR) is 210 cm³/mol. The van der Waals surface area contributed by atoms with Crippen molar-refractivity contribution < 1.29 is 45.0 Å². The Morgan fingerprint density at radius 1 is 0.741 bits per heavy atom. The van der Waals surface area contributed by atoms with Gasteiger partial charge in [-0.25, -0.2) is 35.6 Å². The van der Waals surface area contributed by atoms with Crippen molar-refractivity contribution in [2.24, 2.45) is 11.8 Å². The zero-order chi connectivity index (χ0) is 40.0. The Kier molecular flexibility index (Phi) is 21.1. The molecule has 0 spiro atoms. The van der Waals surface area contributed by atoms with Crippen molar-refractivity contribution in [1.29, 1.82) is 0 Å². The predicted octanol–water partition coefficient (Wildman–Crippen LogP) is 11.5. The second-order valence-corrected chi connectivity index (χ2v) is 18.6. The van der Waals surface area contributed by atoms with Crippen LogP contribution in [0.15, 0.2) is 58.3 Å². The van der Waals surface area contributed by atoms with E-state index in [0.29, 0.717) is 49.8 Å². The fourth-order valence-corrected chi connectivity index (χ4v) is 8.74. The molecule has 0 aliphatic carbocycles. The van der Waals surface area contributed by atoms with Crippen molar-refractivity contribution in [3.63, 3.8) is 0 Å². The molecule has 2 fully saturated rings. The van der Waals surface area contributed by atoms with Crippen molar-refractivity contribution in [3.8, 4) is 0 Å². The molecule has 2 amide bonds. The number of thioether (sulfide) groups is 1. The number of alkyl halides is 6. The molecule has 2 heterocycles. The molecular formula is C38H56Cl2F4N2O6S2. The lowest BCUT2D eigenvalue weighted by atomic mass is 9.99. The van der Waals surface area contributed by atoms with E-state index < -0.39 is 45.5 Å². The van der Waals surface area contributed by atoms with Gasteiger partial charge in [0.15, 0.2) is 9.84 Å². The van der Waals surface area contributed by atoms with Crippen molar-refractivity contribution in [2.45, 2.75) is 108 Å². The standard InChI is InChI=1S/C18H25F2NO4S.C18H25F2NO2S.CH2Cl2.CH4/c1-18(2,3)25-17(22)21-10-8-13(9-11-21)12-26(23,24)15-7-5-4-6-14(15)16(19)20;1-18(2,3)23-17(22)21-10-8-13(9-11-21)12-24-15-7-5-4-6-14(15)16(19)20;2-1-3;/h4-7,13,16H,8-12H2,1-3H3;4-7,13,16H,8-12H2,1-3H3;1H2;1H4. The van der Waals surface area contributed by atoms with Gasteiger partial charge in [0.1, 0.15) is 11.2 Å². The molecule has 8 nitrogen and oxygen atoms in total. The quantitative estimate of drug-likeness (QED) is 0.148. The molecule has 2 aliphatic rings. The first-order chi connectivity index (χ1) is 24.7. The Morgan fingerprint density at radius 2 is 1.13 bits per heavy atom. The third-order valence-corrected chi connectivity index (χ3v) is 11.4. The number of sulfone groups is 1. The van der Waals surface area contributed by atoms with E-state index in [4.69, 9.17) is 32.7 Å². The van der Waals surface area contributed by atoms with Crippen LogP contribution in [0, 0.1) is 11.8 Å². The van der Waals surface area contributed by atoms with E-state index in [0.717, 1.165) is 24.7 Å². The molecule has 2 saturated heterocycles. The summed E-state index contributed by atoms with van der Waals surface area (Å²) >= 11 is 11.0. The molecule has 2 aromatic rings. The van der Waals surface area contributed by atoms with E-state index in [1.54, 1.807) is 48.8 Å². The molecule has 308 valence electrons. The Balaban J connectivity index is 0.000000496. The third kappa shape index (κ3) is 17.6. The highest BCUT2D eigenvalue weighted by Crippen LogP contribution is 2.34. The molecule has 0 radical (unpaired) electrons. The van der Waals surface area contributed by atoms with E-state index in [-0.39, 0.29) is 41.0 Å². The first-order valence-electron chi connectivity index (χ1n) is 17.3. The van der Waals surface area contributed by atoms with Crippen LogP contribution in [0.3, 0.4) is 0 Å². The van der Waals surface area contributed by atoms with Gasteiger partial charge >= 0.3 is 12.2 Å². The Hall–Kier alpha value is -2.42. The summed E-state index contributed by atoms with van der Waals surface area (Å²) in [6, 6.07) is 11.9. The maximum Gasteiger partial charge on any atom is 0.410 e. The normalized spacial score (nSPS) is 15.7. The molecule has 2 aliphatic heterocycles. The summed E-state index contributed by atoms with van der Waals surface area (Å²) in [6.07, 6.45) is -3.22. The average molecular weight is 848 g/mol. The summed E-state index contributed by atoms with van der Waals surface area (Å²) in [6.45, 7) is 13.0. The molecule has 0 aromatic heterocycles. The maximum atomic E-state index is 13.1. The van der Waals surface area contributed by atoms with Crippen LogP contribution < -0.4 is 0 Å². The summed E-state index contributed by atoms with van der Waals surface area (Å²) in [4.78, 5) is 27.7. The first kappa shape index (κ1) is 49.6. The van der Waals surface area contributed by atoms with Crippen LogP contribution in [0.2, 0.25) is 0 Å². The van der Waals surface area contributed by atoms with Gasteiger partial charge in [0.25, 0.3) is 12.9 Å². The van der Waals surface area contributed by atoms with Crippen LogP contribution in [0.1, 0.15) is 98.6 Å². The van der Waals surface area contributed by atoms with E-state index in [2.05, 4.69) is 0 Å². The smallest absolute Gasteiger partial charge is 0.410 e. The van der Waals surface area contributed by atoms with E-state index in [9.17, 15) is 35.6 Å². The number of amides is 2. The highest BCUT2D eigenvalue weighted by atomic mass is 35.5. The van der Waals surface area contributed by atoms with Gasteiger partial charge in [-0.15, -0.1) is 35.0 Å². The Morgan fingerprint density at radius 3 is 1.56 bits per heavy atom. The largest absolute Gasteiger partial charge is 0.444 e. The number of halogens is 6. The second kappa shape index (κ2) is 23.0. The third-order valence-electron chi connectivity index (χ3n) is 8.11. The summed E-state index contributed by atoms with van der Waals surface area (Å²) in [7, 11) is -3.82. The molecule has 4 rings (SSSR count). The van der Waals surface area contributed by atoms with Crippen LogP contribution in [-0.4, -0.2) is 84.6 Å². The van der Waals surface area contributed by atoms with Crippen molar-refractivity contribution >= 4 is 57.0 Å². The van der Waals surface area contributed by atoms with Gasteiger partial charge in [0, 0.05) is 48.0 Å². The summed E-state index contributed by atoms with van der Waals surface area (Å²) in [5.74, 6) is 0.856. The van der Waals surface area contributed by atoms with Gasteiger partial charge < -0.3 is 19.3 Å². The van der Waals surface area contributed by atoms with E-state index >= 15 is 0 Å². The zero-order valence-corrected chi connectivity index (χ0v) is 34.3. The lowest BCUT2D eigenvalue weighted by Gasteiger charge is -2.33. The highest BCUT2D eigenvalue weighted by molar-refractivity contribution is 7.99. The number of hydrogen-bond donors (Lipinski definition) is 0. The van der Waals surface area contributed by atoms with Crippen LogP contribution in [-0.2, 0) is 19.3 Å². The van der Waals surface area contributed by atoms with Crippen molar-refractivity contribution in [3.05, 3.63) is 59.7 Å². The van der Waals surface area contributed by atoms with Crippen molar-refractivity contribution in [2.75, 3.05) is 43.0 Å². The first-order valence-corrected chi connectivity index (χ1v) is 21.1. The van der Waals surface area contributed by atoms with Gasteiger partial charge in [0.2, 0.25) is 0 Å². The monoisotopic (exact) mass is 846 g/mol. The number of nitrogens with zero attached hydrogens (tertiary/aromatic N) is 2. The maximum absolute atomic E-state index is 13.1. The minimum atomic E-state index is -3.82. The van der Waals surface area contributed by atoms with Crippen LogP contribution in [0.4, 0.5) is 27.2 Å². The average Bonchev–Trinajstić information content (AvgIpc) is 3.07. The molecule has 0 bridgehead atoms. The topological polar surface area (TPSA) is 93.2 Å². The van der Waals surface area contributed by atoms with E-state index in [1.807, 2.05) is 20.8 Å². The molecule has 54 heavy (non-hydrogen) atoms. The van der Waals surface area contributed by atoms with Crippen LogP contribution in [0.25, 0.3) is 0 Å². The molecule has 0 N–H and O–H groups in total. The van der Waals surface area contributed by atoms with Crippen LogP contribution in [0.5, 0.6) is 0 Å². The molecule has 0 unspecified atom stereocenters. The van der Waals surface area contributed by atoms with Gasteiger partial charge in [-0.3, -0.25) is 0 Å². The fourth-order valence-electron chi connectivity index (χ4n) is 5.56. The molecular weight excluding hydrogens is 791 g/mol. The molecule has 0 saturated carbocycles. The summed E-state index contributed by atoms with van der Waals surface area (Å²) in [5.41, 5.74) is -1.42. The van der Waals surface area contributed by atoms with Gasteiger partial charge in [-0.1, -0.05) is 43.8 Å². The minimum Gasteiger partial charge on any atom is -0.444 e.